The van der Waals surface area contributed by atoms with Crippen LogP contribution in [0.3, 0.4) is 0 Å². The number of H-pyrrole nitrogens is 1. The molecule has 0 aliphatic carbocycles. The first kappa shape index (κ1) is 17.8. The summed E-state index contributed by atoms with van der Waals surface area (Å²) in [6.07, 6.45) is 0. The molecule has 7 nitrogen and oxygen atoms in total. The molecule has 3 N–H and O–H groups in total. The summed E-state index contributed by atoms with van der Waals surface area (Å²) >= 11 is 5.97. The molecular weight excluding hydrogens is 354 g/mol. The van der Waals surface area contributed by atoms with Gasteiger partial charge in [-0.3, -0.25) is 4.79 Å². The number of para-hydroxylation sites is 1. The van der Waals surface area contributed by atoms with Crippen molar-refractivity contribution in [3.8, 4) is 5.75 Å². The fourth-order valence-electron chi connectivity index (χ4n) is 2.38. The third-order valence-corrected chi connectivity index (χ3v) is 3.80. The van der Waals surface area contributed by atoms with E-state index >= 15 is 0 Å². The Morgan fingerprint density at radius 2 is 2.04 bits per heavy atom. The Balaban J connectivity index is 1.69. The topological polar surface area (TPSA) is 91.9 Å². The number of anilines is 2. The number of ether oxygens (including phenoxy) is 1. The molecule has 2 aromatic carbocycles. The van der Waals surface area contributed by atoms with Crippen LogP contribution in [0.4, 0.5) is 11.5 Å². The molecule has 8 heteroatoms. The van der Waals surface area contributed by atoms with E-state index in [1.807, 2.05) is 37.3 Å². The number of carbonyl (C=O) groups is 1. The molecule has 0 saturated heterocycles. The van der Waals surface area contributed by atoms with Gasteiger partial charge in [-0.15, -0.1) is 10.2 Å². The molecule has 0 saturated carbocycles. The lowest BCUT2D eigenvalue weighted by Gasteiger charge is -2.11. The van der Waals surface area contributed by atoms with E-state index in [-0.39, 0.29) is 11.6 Å². The Morgan fingerprint density at radius 3 is 2.85 bits per heavy atom. The fourth-order valence-corrected chi connectivity index (χ4v) is 2.58. The van der Waals surface area contributed by atoms with Gasteiger partial charge in [0.1, 0.15) is 5.75 Å². The lowest BCUT2D eigenvalue weighted by atomic mass is 10.2. The van der Waals surface area contributed by atoms with Crippen LogP contribution in [0.5, 0.6) is 5.75 Å². The Hall–Kier alpha value is -3.06. The Labute approximate surface area is 155 Å². The van der Waals surface area contributed by atoms with Gasteiger partial charge in [0.15, 0.2) is 11.5 Å². The zero-order valence-corrected chi connectivity index (χ0v) is 14.9. The van der Waals surface area contributed by atoms with E-state index in [4.69, 9.17) is 16.3 Å². The van der Waals surface area contributed by atoms with E-state index in [1.54, 1.807) is 18.2 Å². The number of amides is 1. The number of hydrogen-bond donors (Lipinski definition) is 3. The molecule has 1 aromatic heterocycles. The van der Waals surface area contributed by atoms with Gasteiger partial charge >= 0.3 is 0 Å². The first-order chi connectivity index (χ1) is 12.7. The van der Waals surface area contributed by atoms with Crippen molar-refractivity contribution in [2.75, 3.05) is 11.9 Å². The number of nitrogens with one attached hydrogen (secondary N) is 3. The number of aromatic amines is 1. The minimum absolute atomic E-state index is 0.166. The smallest absolute Gasteiger partial charge is 0.275 e. The van der Waals surface area contributed by atoms with E-state index in [2.05, 4.69) is 26.0 Å². The van der Waals surface area contributed by atoms with E-state index in [9.17, 15) is 4.79 Å². The van der Waals surface area contributed by atoms with E-state index in [1.165, 1.54) is 0 Å². The summed E-state index contributed by atoms with van der Waals surface area (Å²) in [7, 11) is 0. The van der Waals surface area contributed by atoms with Gasteiger partial charge < -0.3 is 15.4 Å². The number of benzene rings is 2. The van der Waals surface area contributed by atoms with Crippen molar-refractivity contribution in [1.82, 2.24) is 20.7 Å². The van der Waals surface area contributed by atoms with Gasteiger partial charge in [0.05, 0.1) is 6.61 Å². The van der Waals surface area contributed by atoms with Crippen molar-refractivity contribution in [3.63, 3.8) is 0 Å². The van der Waals surface area contributed by atoms with Gasteiger partial charge in [-0.2, -0.15) is 5.21 Å². The summed E-state index contributed by atoms with van der Waals surface area (Å²) in [5, 5.41) is 16.8. The first-order valence-electron chi connectivity index (χ1n) is 8.09. The second kappa shape index (κ2) is 8.35. The maximum absolute atomic E-state index is 12.5. The molecule has 0 atom stereocenters. The largest absolute Gasteiger partial charge is 0.494 e. The monoisotopic (exact) mass is 371 g/mol. The SMILES string of the molecule is CCOc1ccccc1CNC(=O)c1n[nH]nc1Nc1cccc(Cl)c1. The molecule has 0 unspecified atom stereocenters. The van der Waals surface area contributed by atoms with Crippen molar-refractivity contribution in [3.05, 3.63) is 64.8 Å². The van der Waals surface area contributed by atoms with Crippen LogP contribution in [0.1, 0.15) is 23.0 Å². The number of carbonyl (C=O) groups excluding carboxylic acids is 1. The fraction of sp³-hybridized carbons (Fsp3) is 0.167. The van der Waals surface area contributed by atoms with Crippen LogP contribution in [0.2, 0.25) is 5.02 Å². The van der Waals surface area contributed by atoms with Gasteiger partial charge in [-0.05, 0) is 31.2 Å². The van der Waals surface area contributed by atoms with Gasteiger partial charge in [0.2, 0.25) is 0 Å². The first-order valence-corrected chi connectivity index (χ1v) is 8.47. The summed E-state index contributed by atoms with van der Waals surface area (Å²) in [4.78, 5) is 12.5. The molecule has 0 bridgehead atoms. The Morgan fingerprint density at radius 1 is 1.19 bits per heavy atom. The average Bonchev–Trinajstić information content (AvgIpc) is 3.09. The summed E-state index contributed by atoms with van der Waals surface area (Å²) in [6, 6.07) is 14.7. The molecule has 0 aliphatic heterocycles. The quantitative estimate of drug-likeness (QED) is 0.591. The minimum atomic E-state index is -0.352. The number of hydrogen-bond acceptors (Lipinski definition) is 5. The lowest BCUT2D eigenvalue weighted by molar-refractivity contribution is 0.0946. The van der Waals surface area contributed by atoms with Crippen molar-refractivity contribution in [2.24, 2.45) is 0 Å². The van der Waals surface area contributed by atoms with Crippen LogP contribution in [-0.4, -0.2) is 27.9 Å². The molecule has 0 fully saturated rings. The van der Waals surface area contributed by atoms with Crippen LogP contribution in [0.15, 0.2) is 48.5 Å². The van der Waals surface area contributed by atoms with E-state index < -0.39 is 0 Å². The summed E-state index contributed by atoms with van der Waals surface area (Å²) < 4.78 is 5.56. The molecule has 1 heterocycles. The number of nitrogens with zero attached hydrogens (tertiary/aromatic N) is 2. The van der Waals surface area contributed by atoms with Gasteiger partial charge in [-0.25, -0.2) is 0 Å². The summed E-state index contributed by atoms with van der Waals surface area (Å²) in [6.45, 7) is 2.79. The van der Waals surface area contributed by atoms with Crippen LogP contribution in [-0.2, 0) is 6.54 Å². The summed E-state index contributed by atoms with van der Waals surface area (Å²) in [5.41, 5.74) is 1.76. The predicted octanol–water partition coefficient (Wildman–Crippen LogP) is 3.53. The van der Waals surface area contributed by atoms with E-state index in [0.717, 1.165) is 11.3 Å². The molecule has 134 valence electrons. The molecule has 0 radical (unpaired) electrons. The highest BCUT2D eigenvalue weighted by Gasteiger charge is 2.17. The average molecular weight is 372 g/mol. The molecule has 0 spiro atoms. The van der Waals surface area contributed by atoms with E-state index in [0.29, 0.717) is 29.7 Å². The zero-order valence-electron chi connectivity index (χ0n) is 14.1. The molecule has 26 heavy (non-hydrogen) atoms. The maximum Gasteiger partial charge on any atom is 0.275 e. The highest BCUT2D eigenvalue weighted by Crippen LogP contribution is 2.21. The predicted molar refractivity (Wildman–Crippen MR) is 99.9 cm³/mol. The highest BCUT2D eigenvalue weighted by atomic mass is 35.5. The molecular formula is C18H18ClN5O2. The lowest BCUT2D eigenvalue weighted by Crippen LogP contribution is -2.24. The third kappa shape index (κ3) is 4.31. The molecule has 3 aromatic rings. The molecule has 3 rings (SSSR count). The van der Waals surface area contributed by atoms with Crippen molar-refractivity contribution < 1.29 is 9.53 Å². The summed E-state index contributed by atoms with van der Waals surface area (Å²) in [5.74, 6) is 0.713. The van der Waals surface area contributed by atoms with Crippen LogP contribution >= 0.6 is 11.6 Å². The van der Waals surface area contributed by atoms with Crippen molar-refractivity contribution in [2.45, 2.75) is 13.5 Å². The number of aromatic nitrogens is 3. The normalized spacial score (nSPS) is 10.4. The Kier molecular flexibility index (Phi) is 5.70. The van der Waals surface area contributed by atoms with Gasteiger partial charge in [0.25, 0.3) is 5.91 Å². The highest BCUT2D eigenvalue weighted by molar-refractivity contribution is 6.30. The van der Waals surface area contributed by atoms with Crippen LogP contribution < -0.4 is 15.4 Å². The standard InChI is InChI=1S/C18H18ClN5O2/c1-2-26-15-9-4-3-6-12(15)11-20-18(25)16-17(23-24-22-16)21-14-8-5-7-13(19)10-14/h3-10H,2,11H2,1H3,(H,20,25)(H2,21,22,23,24). The molecule has 0 aliphatic rings. The zero-order chi connectivity index (χ0) is 18.4. The second-order valence-electron chi connectivity index (χ2n) is 5.38. The second-order valence-corrected chi connectivity index (χ2v) is 5.82. The van der Waals surface area contributed by atoms with Crippen molar-refractivity contribution >= 4 is 29.0 Å². The van der Waals surface area contributed by atoms with Gasteiger partial charge in [0, 0.05) is 22.8 Å². The van der Waals surface area contributed by atoms with Crippen LogP contribution in [0, 0.1) is 0 Å². The maximum atomic E-state index is 12.5. The minimum Gasteiger partial charge on any atom is -0.494 e. The number of halogens is 1. The van der Waals surface area contributed by atoms with Crippen molar-refractivity contribution in [1.29, 1.82) is 0 Å². The third-order valence-electron chi connectivity index (χ3n) is 3.56. The van der Waals surface area contributed by atoms with Crippen LogP contribution in [0.25, 0.3) is 0 Å². The number of rotatable bonds is 7. The molecule has 1 amide bonds. The van der Waals surface area contributed by atoms with Gasteiger partial charge in [-0.1, -0.05) is 35.9 Å². The Bertz CT molecular complexity index is 897.